The van der Waals surface area contributed by atoms with E-state index in [4.69, 9.17) is 4.74 Å². The van der Waals surface area contributed by atoms with E-state index in [9.17, 15) is 4.79 Å². The van der Waals surface area contributed by atoms with Gasteiger partial charge in [-0.1, -0.05) is 52.3 Å². The average Bonchev–Trinajstić information content (AvgIpc) is 2.64. The van der Waals surface area contributed by atoms with Gasteiger partial charge in [0.15, 0.2) is 14.7 Å². The van der Waals surface area contributed by atoms with Gasteiger partial charge in [-0.2, -0.15) is 0 Å². The maximum absolute atomic E-state index is 12.0. The Morgan fingerprint density at radius 1 is 0.769 bits per heavy atom. The first-order chi connectivity index (χ1) is 12.4. The number of carbonyl (C=O) groups excluding carboxylic acids is 1. The van der Waals surface area contributed by atoms with Gasteiger partial charge in [-0.3, -0.25) is 4.79 Å². The van der Waals surface area contributed by atoms with Crippen molar-refractivity contribution >= 4 is 32.8 Å². The van der Waals surface area contributed by atoms with E-state index in [-0.39, 0.29) is 16.9 Å². The number of ether oxygens (including phenoxy) is 1. The Morgan fingerprint density at radius 3 is 1.62 bits per heavy atom. The van der Waals surface area contributed by atoms with E-state index < -0.39 is 4.32 Å². The zero-order valence-corrected chi connectivity index (χ0v) is 17.1. The minimum Gasteiger partial charge on any atom is -0.426 e. The van der Waals surface area contributed by atoms with Gasteiger partial charge in [0.1, 0.15) is 10.1 Å². The Labute approximate surface area is 165 Å². The van der Waals surface area contributed by atoms with E-state index in [2.05, 4.69) is 64.5 Å². The molecule has 0 aliphatic heterocycles. The largest absolute Gasteiger partial charge is 0.426 e. The van der Waals surface area contributed by atoms with Gasteiger partial charge in [-0.25, -0.2) is 0 Å². The summed E-state index contributed by atoms with van der Waals surface area (Å²) < 4.78 is 4.74. The number of halogens is 1. The van der Waals surface area contributed by atoms with Gasteiger partial charge in [-0.15, -0.1) is 0 Å². The second-order valence-corrected chi connectivity index (χ2v) is 10.3. The summed E-state index contributed by atoms with van der Waals surface area (Å²) >= 11 is 3.33. The third kappa shape index (κ3) is 4.57. The molecule has 0 amide bonds. The van der Waals surface area contributed by atoms with Gasteiger partial charge in [0.25, 0.3) is 0 Å². The van der Waals surface area contributed by atoms with Crippen molar-refractivity contribution in [1.29, 1.82) is 0 Å². The molecule has 0 atom stereocenters. The summed E-state index contributed by atoms with van der Waals surface area (Å²) in [6.07, 6.45) is 0. The second-order valence-electron chi connectivity index (χ2n) is 6.27. The Hall–Kier alpha value is -2.04. The molecule has 0 radical (unpaired) electrons. The molecule has 0 spiro atoms. The van der Waals surface area contributed by atoms with Crippen LogP contribution in [-0.2, 0) is 15.7 Å². The van der Waals surface area contributed by atoms with Crippen molar-refractivity contribution in [1.82, 2.24) is 0 Å². The molecule has 0 aliphatic carbocycles. The maximum Gasteiger partial charge on any atom is 0.327 e. The Morgan fingerprint density at radius 2 is 1.19 bits per heavy atom. The van der Waals surface area contributed by atoms with E-state index in [1.54, 1.807) is 13.8 Å². The van der Waals surface area contributed by atoms with Crippen LogP contribution in [0, 0.1) is 0 Å². The standard InChI is InChI=1S/C22H20BrO2S/c1-22(2,23)21(24)25-17-13-15-20(16-14-17)26(18-9-5-3-6-10-18)19-11-7-4-8-12-19/h3-16H,1-2H3/q+1. The molecule has 2 nitrogen and oxygen atoms in total. The van der Waals surface area contributed by atoms with Crippen LogP contribution in [0.4, 0.5) is 0 Å². The smallest absolute Gasteiger partial charge is 0.327 e. The van der Waals surface area contributed by atoms with Crippen LogP contribution in [0.5, 0.6) is 5.75 Å². The van der Waals surface area contributed by atoms with Crippen LogP contribution in [0.1, 0.15) is 13.8 Å². The van der Waals surface area contributed by atoms with Crippen molar-refractivity contribution in [3.63, 3.8) is 0 Å². The molecule has 4 heteroatoms. The highest BCUT2D eigenvalue weighted by atomic mass is 79.9. The van der Waals surface area contributed by atoms with Crippen LogP contribution in [0.25, 0.3) is 0 Å². The molecule has 0 saturated carbocycles. The van der Waals surface area contributed by atoms with E-state index in [1.807, 2.05) is 36.4 Å². The van der Waals surface area contributed by atoms with Gasteiger partial charge >= 0.3 is 5.97 Å². The fourth-order valence-electron chi connectivity index (χ4n) is 2.39. The molecule has 0 aliphatic rings. The highest BCUT2D eigenvalue weighted by Crippen LogP contribution is 2.32. The predicted molar refractivity (Wildman–Crippen MR) is 110 cm³/mol. The number of benzene rings is 3. The van der Waals surface area contributed by atoms with Gasteiger partial charge in [0.2, 0.25) is 0 Å². The van der Waals surface area contributed by atoms with Crippen molar-refractivity contribution in [2.24, 2.45) is 0 Å². The molecule has 0 unspecified atom stereocenters. The van der Waals surface area contributed by atoms with Crippen molar-refractivity contribution in [3.8, 4) is 5.75 Å². The van der Waals surface area contributed by atoms with Crippen LogP contribution in [0.2, 0.25) is 0 Å². The molecule has 3 aromatic carbocycles. The lowest BCUT2D eigenvalue weighted by Crippen LogP contribution is -2.29. The Bertz CT molecular complexity index is 817. The highest BCUT2D eigenvalue weighted by Gasteiger charge is 2.29. The summed E-state index contributed by atoms with van der Waals surface area (Å²) in [5.41, 5.74) is 0. The van der Waals surface area contributed by atoms with Crippen molar-refractivity contribution in [3.05, 3.63) is 84.9 Å². The summed E-state index contributed by atoms with van der Waals surface area (Å²) in [5.74, 6) is 0.242. The fraction of sp³-hybridized carbons (Fsp3) is 0.136. The number of rotatable bonds is 5. The van der Waals surface area contributed by atoms with Crippen LogP contribution in [0.15, 0.2) is 99.6 Å². The lowest BCUT2D eigenvalue weighted by Gasteiger charge is -2.14. The monoisotopic (exact) mass is 427 g/mol. The topological polar surface area (TPSA) is 26.3 Å². The average molecular weight is 428 g/mol. The first-order valence-corrected chi connectivity index (χ1v) is 10.3. The summed E-state index contributed by atoms with van der Waals surface area (Å²) in [6, 6.07) is 28.7. The number of alkyl halides is 1. The molecule has 0 saturated heterocycles. The number of hydrogen-bond donors (Lipinski definition) is 0. The predicted octanol–water partition coefficient (Wildman–Crippen LogP) is 5.86. The molecule has 26 heavy (non-hydrogen) atoms. The number of esters is 1. The van der Waals surface area contributed by atoms with E-state index >= 15 is 0 Å². The van der Waals surface area contributed by atoms with Crippen molar-refractivity contribution < 1.29 is 9.53 Å². The van der Waals surface area contributed by atoms with E-state index in [0.717, 1.165) is 0 Å². The fourth-order valence-corrected chi connectivity index (χ4v) is 4.56. The third-order valence-electron chi connectivity index (χ3n) is 3.71. The lowest BCUT2D eigenvalue weighted by atomic mass is 10.2. The summed E-state index contributed by atoms with van der Waals surface area (Å²) in [5, 5.41) is 0. The zero-order chi connectivity index (χ0) is 18.6. The van der Waals surface area contributed by atoms with Gasteiger partial charge < -0.3 is 4.74 Å². The molecule has 0 bridgehead atoms. The minimum atomic E-state index is -0.704. The first kappa shape index (κ1) is 18.7. The van der Waals surface area contributed by atoms with E-state index in [0.29, 0.717) is 5.75 Å². The maximum atomic E-state index is 12.0. The molecule has 3 aromatic rings. The number of hydrogen-bond acceptors (Lipinski definition) is 2. The van der Waals surface area contributed by atoms with Crippen LogP contribution < -0.4 is 4.74 Å². The quantitative estimate of drug-likeness (QED) is 0.220. The zero-order valence-electron chi connectivity index (χ0n) is 14.7. The summed E-state index contributed by atoms with van der Waals surface area (Å²) in [4.78, 5) is 15.7. The molecule has 132 valence electrons. The molecular weight excluding hydrogens is 408 g/mol. The minimum absolute atomic E-state index is 0.202. The van der Waals surface area contributed by atoms with Crippen molar-refractivity contribution in [2.75, 3.05) is 0 Å². The highest BCUT2D eigenvalue weighted by molar-refractivity contribution is 9.10. The lowest BCUT2D eigenvalue weighted by molar-refractivity contribution is -0.136. The first-order valence-electron chi connectivity index (χ1n) is 8.31. The van der Waals surface area contributed by atoms with Crippen molar-refractivity contribution in [2.45, 2.75) is 32.9 Å². The molecule has 0 aromatic heterocycles. The molecular formula is C22H20BrO2S+. The summed E-state index contributed by atoms with van der Waals surface area (Å²) in [6.45, 7) is 3.54. The Balaban J connectivity index is 1.92. The van der Waals surface area contributed by atoms with E-state index in [1.165, 1.54) is 14.7 Å². The molecule has 0 fully saturated rings. The molecule has 3 rings (SSSR count). The summed E-state index contributed by atoms with van der Waals surface area (Å²) in [7, 11) is -0.202. The molecule has 0 N–H and O–H groups in total. The van der Waals surface area contributed by atoms with Crippen LogP contribution in [0.3, 0.4) is 0 Å². The second kappa shape index (κ2) is 8.11. The van der Waals surface area contributed by atoms with Crippen LogP contribution in [-0.4, -0.2) is 10.3 Å². The van der Waals surface area contributed by atoms with Gasteiger partial charge in [0, 0.05) is 0 Å². The van der Waals surface area contributed by atoms with Crippen LogP contribution >= 0.6 is 15.9 Å². The molecule has 0 heterocycles. The Kier molecular flexibility index (Phi) is 5.84. The van der Waals surface area contributed by atoms with Gasteiger partial charge in [0.05, 0.1) is 10.9 Å². The third-order valence-corrected chi connectivity index (χ3v) is 6.27. The number of carbonyl (C=O) groups is 1. The normalized spacial score (nSPS) is 11.4. The SMILES string of the molecule is CC(C)(Br)C(=O)Oc1ccc([S+](c2ccccc2)c2ccccc2)cc1. The van der Waals surface area contributed by atoms with Gasteiger partial charge in [-0.05, 0) is 62.4 Å².